The number of carbonyl (C=O) groups excluding carboxylic acids is 1. The number of nitrogens with zero attached hydrogens (tertiary/aromatic N) is 1. The quantitative estimate of drug-likeness (QED) is 0.326. The molecule has 0 aliphatic heterocycles. The minimum Gasteiger partial charge on any atom is -0.497 e. The number of hydrogen-bond donors (Lipinski definition) is 1. The van der Waals surface area contributed by atoms with Crippen LogP contribution in [0.15, 0.2) is 66.2 Å². The maximum Gasteiger partial charge on any atom is 0.266 e. The maximum atomic E-state index is 13.9. The molecular formula is C24H17Cl2FN2O3. The molecule has 3 aromatic carbocycles. The highest BCUT2D eigenvalue weighted by molar-refractivity contribution is 6.36. The molecule has 1 N–H and O–H groups in total. The molecular weight excluding hydrogens is 454 g/mol. The summed E-state index contributed by atoms with van der Waals surface area (Å²) in [4.78, 5) is 12.6. The standard InChI is InChI=1S/C24H17Cl2FN2O3/c1-31-20-8-6-19(7-9-20)29-24(30)17(13-28)10-16-11-18(25)12-21(26)23(16)32-14-15-4-2-3-5-22(15)27/h2-12H,14H2,1H3,(H,29,30)/b17-10+. The van der Waals surface area contributed by atoms with Crippen LogP contribution in [-0.2, 0) is 11.4 Å². The molecule has 0 spiro atoms. The van der Waals surface area contributed by atoms with E-state index in [9.17, 15) is 14.4 Å². The van der Waals surface area contributed by atoms with Gasteiger partial charge in [0.25, 0.3) is 5.91 Å². The first kappa shape index (κ1) is 23.1. The Hall–Kier alpha value is -3.53. The van der Waals surface area contributed by atoms with Crippen molar-refractivity contribution in [3.05, 3.63) is 93.2 Å². The van der Waals surface area contributed by atoms with E-state index in [0.29, 0.717) is 22.6 Å². The van der Waals surface area contributed by atoms with Gasteiger partial charge in [-0.05, 0) is 48.5 Å². The van der Waals surface area contributed by atoms with Gasteiger partial charge in [0.2, 0.25) is 0 Å². The van der Waals surface area contributed by atoms with Gasteiger partial charge >= 0.3 is 0 Å². The van der Waals surface area contributed by atoms with Crippen molar-refractivity contribution in [2.75, 3.05) is 12.4 Å². The number of rotatable bonds is 7. The third-order valence-electron chi connectivity index (χ3n) is 4.38. The lowest BCUT2D eigenvalue weighted by atomic mass is 10.1. The third-order valence-corrected chi connectivity index (χ3v) is 4.88. The number of methoxy groups -OCH3 is 1. The maximum absolute atomic E-state index is 13.9. The van der Waals surface area contributed by atoms with Gasteiger partial charge in [0, 0.05) is 21.8 Å². The second kappa shape index (κ2) is 10.7. The predicted molar refractivity (Wildman–Crippen MR) is 122 cm³/mol. The van der Waals surface area contributed by atoms with Gasteiger partial charge in [-0.25, -0.2) is 4.39 Å². The van der Waals surface area contributed by atoms with Gasteiger partial charge in [0.1, 0.15) is 35.6 Å². The molecule has 0 bridgehead atoms. The Kier molecular flexibility index (Phi) is 7.72. The van der Waals surface area contributed by atoms with Crippen LogP contribution in [0.1, 0.15) is 11.1 Å². The fourth-order valence-corrected chi connectivity index (χ4v) is 3.35. The van der Waals surface area contributed by atoms with Crippen LogP contribution in [0.4, 0.5) is 10.1 Å². The van der Waals surface area contributed by atoms with Gasteiger partial charge in [-0.15, -0.1) is 0 Å². The van der Waals surface area contributed by atoms with Crippen LogP contribution >= 0.6 is 23.2 Å². The molecule has 5 nitrogen and oxygen atoms in total. The third kappa shape index (κ3) is 5.79. The molecule has 3 aromatic rings. The van der Waals surface area contributed by atoms with E-state index in [0.717, 1.165) is 0 Å². The smallest absolute Gasteiger partial charge is 0.266 e. The van der Waals surface area contributed by atoms with E-state index in [-0.39, 0.29) is 28.0 Å². The number of ether oxygens (including phenoxy) is 2. The summed E-state index contributed by atoms with van der Waals surface area (Å²) in [5.41, 5.74) is 0.915. The zero-order valence-electron chi connectivity index (χ0n) is 16.9. The lowest BCUT2D eigenvalue weighted by Gasteiger charge is -2.13. The number of nitriles is 1. The van der Waals surface area contributed by atoms with Crippen molar-refractivity contribution < 1.29 is 18.7 Å². The first-order valence-electron chi connectivity index (χ1n) is 9.33. The van der Waals surface area contributed by atoms with Crippen LogP contribution in [0.25, 0.3) is 6.08 Å². The van der Waals surface area contributed by atoms with E-state index in [2.05, 4.69) is 5.32 Å². The largest absolute Gasteiger partial charge is 0.497 e. The van der Waals surface area contributed by atoms with Crippen LogP contribution in [-0.4, -0.2) is 13.0 Å². The summed E-state index contributed by atoms with van der Waals surface area (Å²) in [7, 11) is 1.53. The molecule has 8 heteroatoms. The van der Waals surface area contributed by atoms with Crippen LogP contribution in [0.2, 0.25) is 10.0 Å². The van der Waals surface area contributed by atoms with Crippen molar-refractivity contribution in [1.29, 1.82) is 5.26 Å². The van der Waals surface area contributed by atoms with Crippen molar-refractivity contribution in [2.24, 2.45) is 0 Å². The second-order valence-corrected chi connectivity index (χ2v) is 7.38. The number of hydrogen-bond acceptors (Lipinski definition) is 4. The number of halogens is 3. The zero-order chi connectivity index (χ0) is 23.1. The number of carbonyl (C=O) groups is 1. The Bertz CT molecular complexity index is 1200. The van der Waals surface area contributed by atoms with Crippen molar-refractivity contribution in [3.63, 3.8) is 0 Å². The topological polar surface area (TPSA) is 71.3 Å². The van der Waals surface area contributed by atoms with E-state index >= 15 is 0 Å². The van der Waals surface area contributed by atoms with Crippen LogP contribution in [0, 0.1) is 17.1 Å². The Labute approximate surface area is 194 Å². The van der Waals surface area contributed by atoms with Gasteiger partial charge in [-0.3, -0.25) is 4.79 Å². The number of amides is 1. The molecule has 0 aliphatic rings. The molecule has 0 atom stereocenters. The molecule has 0 fully saturated rings. The Morgan fingerprint density at radius 2 is 1.88 bits per heavy atom. The van der Waals surface area contributed by atoms with Crippen molar-refractivity contribution in [2.45, 2.75) is 6.61 Å². The lowest BCUT2D eigenvalue weighted by molar-refractivity contribution is -0.112. The average Bonchev–Trinajstić information content (AvgIpc) is 2.78. The van der Waals surface area contributed by atoms with Crippen LogP contribution in [0.3, 0.4) is 0 Å². The molecule has 0 aromatic heterocycles. The van der Waals surface area contributed by atoms with E-state index in [1.165, 1.54) is 31.4 Å². The Morgan fingerprint density at radius 1 is 1.16 bits per heavy atom. The van der Waals surface area contributed by atoms with Gasteiger partial charge in [0.05, 0.1) is 12.1 Å². The molecule has 0 radical (unpaired) electrons. The summed E-state index contributed by atoms with van der Waals surface area (Å²) in [5.74, 6) is -0.256. The van der Waals surface area contributed by atoms with Crippen molar-refractivity contribution >= 4 is 40.9 Å². The van der Waals surface area contributed by atoms with Crippen LogP contribution < -0.4 is 14.8 Å². The van der Waals surface area contributed by atoms with E-state index in [4.69, 9.17) is 32.7 Å². The molecule has 0 unspecified atom stereocenters. The summed E-state index contributed by atoms with van der Waals surface area (Å²) in [5, 5.41) is 12.6. The Morgan fingerprint density at radius 3 is 2.53 bits per heavy atom. The fraction of sp³-hybridized carbons (Fsp3) is 0.0833. The second-order valence-electron chi connectivity index (χ2n) is 6.54. The normalized spacial score (nSPS) is 10.9. The fourth-order valence-electron chi connectivity index (χ4n) is 2.78. The summed E-state index contributed by atoms with van der Waals surface area (Å²) in [6.45, 7) is -0.102. The van der Waals surface area contributed by atoms with Crippen LogP contribution in [0.5, 0.6) is 11.5 Å². The number of benzene rings is 3. The molecule has 0 heterocycles. The highest BCUT2D eigenvalue weighted by atomic mass is 35.5. The first-order valence-corrected chi connectivity index (χ1v) is 10.1. The highest BCUT2D eigenvalue weighted by Crippen LogP contribution is 2.34. The summed E-state index contributed by atoms with van der Waals surface area (Å²) in [6, 6.07) is 17.6. The summed E-state index contributed by atoms with van der Waals surface area (Å²) >= 11 is 12.4. The van der Waals surface area contributed by atoms with E-state index in [1.807, 2.05) is 6.07 Å². The zero-order valence-corrected chi connectivity index (χ0v) is 18.4. The number of nitrogens with one attached hydrogen (secondary N) is 1. The summed E-state index contributed by atoms with van der Waals surface area (Å²) < 4.78 is 24.7. The van der Waals surface area contributed by atoms with Crippen molar-refractivity contribution in [1.82, 2.24) is 0 Å². The average molecular weight is 471 g/mol. The molecule has 0 saturated heterocycles. The summed E-state index contributed by atoms with van der Waals surface area (Å²) in [6.07, 6.45) is 1.31. The SMILES string of the molecule is COc1ccc(NC(=O)/C(C#N)=C/c2cc(Cl)cc(Cl)c2OCc2ccccc2F)cc1. The van der Waals surface area contributed by atoms with Gasteiger partial charge in [-0.1, -0.05) is 41.4 Å². The van der Waals surface area contributed by atoms with E-state index in [1.54, 1.807) is 42.5 Å². The Balaban J connectivity index is 1.87. The molecule has 1 amide bonds. The first-order chi connectivity index (χ1) is 15.4. The highest BCUT2D eigenvalue weighted by Gasteiger charge is 2.15. The van der Waals surface area contributed by atoms with Gasteiger partial charge in [0.15, 0.2) is 0 Å². The van der Waals surface area contributed by atoms with Gasteiger partial charge in [-0.2, -0.15) is 5.26 Å². The predicted octanol–water partition coefficient (Wildman–Crippen LogP) is 6.27. The van der Waals surface area contributed by atoms with Gasteiger partial charge < -0.3 is 14.8 Å². The molecule has 0 saturated carbocycles. The minimum absolute atomic E-state index is 0.102. The molecule has 0 aliphatic carbocycles. The number of anilines is 1. The minimum atomic E-state index is -0.631. The monoisotopic (exact) mass is 470 g/mol. The molecule has 162 valence electrons. The molecule has 3 rings (SSSR count). The molecule has 32 heavy (non-hydrogen) atoms. The van der Waals surface area contributed by atoms with E-state index < -0.39 is 11.7 Å². The lowest BCUT2D eigenvalue weighted by Crippen LogP contribution is -2.13. The van der Waals surface area contributed by atoms with Crippen molar-refractivity contribution in [3.8, 4) is 17.6 Å².